The average Bonchev–Trinajstić information content (AvgIpc) is 3.49. The van der Waals surface area contributed by atoms with Crippen molar-refractivity contribution in [3.63, 3.8) is 0 Å². The summed E-state index contributed by atoms with van der Waals surface area (Å²) in [4.78, 5) is 5.13. The number of aromatic nitrogens is 2. The first-order chi connectivity index (χ1) is 22.2. The first kappa shape index (κ1) is 27.5. The highest BCUT2D eigenvalue weighted by molar-refractivity contribution is 7.77. The maximum absolute atomic E-state index is 5.13. The van der Waals surface area contributed by atoms with Crippen molar-refractivity contribution in [2.45, 2.75) is 20.3 Å². The molecule has 0 fully saturated rings. The standard InChI is InChI=1S/C42H33N2P/c1-3-12-33(13-4-2)45(34-16-6-5-7-17-34)35-23-20-29(21-24-35)32-22-25-40-37(27-32)36-26-30-14-8-9-15-31(30)28-38(36)42-43-39-18-10-11-19-41(39)44(40)42/h3,5-28H,4H2,1-2H3/b12-3-,33-13+. The predicted molar refractivity (Wildman–Crippen MR) is 196 cm³/mol. The number of pyridine rings is 1. The number of fused-ring (bicyclic) bond motifs is 9. The van der Waals surface area contributed by atoms with Gasteiger partial charge in [0.1, 0.15) is 5.65 Å². The molecule has 0 aliphatic carbocycles. The number of para-hydroxylation sites is 2. The number of hydrogen-bond acceptors (Lipinski definition) is 1. The fourth-order valence-electron chi connectivity index (χ4n) is 6.67. The molecule has 216 valence electrons. The Morgan fingerprint density at radius 1 is 0.644 bits per heavy atom. The van der Waals surface area contributed by atoms with E-state index >= 15 is 0 Å². The molecule has 0 aliphatic rings. The van der Waals surface area contributed by atoms with E-state index in [1.807, 2.05) is 0 Å². The van der Waals surface area contributed by atoms with Gasteiger partial charge in [-0.15, -0.1) is 0 Å². The van der Waals surface area contributed by atoms with Gasteiger partial charge in [0.2, 0.25) is 0 Å². The van der Waals surface area contributed by atoms with Crippen LogP contribution in [0.3, 0.4) is 0 Å². The average molecular weight is 597 g/mol. The molecule has 0 amide bonds. The number of nitrogens with zero attached hydrogens (tertiary/aromatic N) is 2. The van der Waals surface area contributed by atoms with Crippen molar-refractivity contribution in [1.82, 2.24) is 9.38 Å². The molecule has 1 unspecified atom stereocenters. The van der Waals surface area contributed by atoms with Crippen LogP contribution in [0, 0.1) is 0 Å². The van der Waals surface area contributed by atoms with E-state index in [0.29, 0.717) is 0 Å². The van der Waals surface area contributed by atoms with E-state index in [-0.39, 0.29) is 0 Å². The van der Waals surface area contributed by atoms with E-state index in [0.717, 1.165) is 23.1 Å². The maximum atomic E-state index is 5.13. The topological polar surface area (TPSA) is 17.3 Å². The SMILES string of the molecule is C/C=C\C(=C/CC)P(c1ccccc1)c1ccc(-c2ccc3c(c2)c2cc4ccccc4cc2c2nc4ccccc4n32)cc1. The fourth-order valence-corrected chi connectivity index (χ4v) is 9.14. The zero-order chi connectivity index (χ0) is 30.3. The predicted octanol–water partition coefficient (Wildman–Crippen LogP) is 10.9. The Bertz CT molecular complexity index is 2410. The Balaban J connectivity index is 1.32. The first-order valence-electron chi connectivity index (χ1n) is 15.7. The minimum absolute atomic E-state index is 0.644. The van der Waals surface area contributed by atoms with Gasteiger partial charge in [-0.2, -0.15) is 0 Å². The minimum atomic E-state index is -0.644. The minimum Gasteiger partial charge on any atom is -0.292 e. The van der Waals surface area contributed by atoms with Crippen molar-refractivity contribution in [3.05, 3.63) is 157 Å². The summed E-state index contributed by atoms with van der Waals surface area (Å²) in [5.41, 5.74) is 6.77. The molecule has 8 rings (SSSR count). The Morgan fingerprint density at radius 2 is 1.31 bits per heavy atom. The van der Waals surface area contributed by atoms with Crippen LogP contribution >= 0.6 is 7.92 Å². The van der Waals surface area contributed by atoms with Gasteiger partial charge in [-0.05, 0) is 101 Å². The Morgan fingerprint density at radius 3 is 2.07 bits per heavy atom. The van der Waals surface area contributed by atoms with E-state index in [1.54, 1.807) is 0 Å². The molecule has 0 N–H and O–H groups in total. The fraction of sp³-hybridized carbons (Fsp3) is 0.0714. The number of hydrogen-bond donors (Lipinski definition) is 0. The van der Waals surface area contributed by atoms with Crippen molar-refractivity contribution in [1.29, 1.82) is 0 Å². The lowest BCUT2D eigenvalue weighted by atomic mass is 9.97. The molecule has 0 aliphatic heterocycles. The molecule has 2 heterocycles. The van der Waals surface area contributed by atoms with E-state index in [2.05, 4.69) is 170 Å². The highest BCUT2D eigenvalue weighted by Gasteiger charge is 2.18. The zero-order valence-electron chi connectivity index (χ0n) is 25.5. The quantitative estimate of drug-likeness (QED) is 0.0808. The monoisotopic (exact) mass is 596 g/mol. The van der Waals surface area contributed by atoms with Gasteiger partial charge in [0.25, 0.3) is 0 Å². The van der Waals surface area contributed by atoms with Gasteiger partial charge < -0.3 is 0 Å². The molecule has 2 nitrogen and oxygen atoms in total. The summed E-state index contributed by atoms with van der Waals surface area (Å²) in [6.45, 7) is 4.33. The van der Waals surface area contributed by atoms with Gasteiger partial charge >= 0.3 is 0 Å². The van der Waals surface area contributed by atoms with Crippen molar-refractivity contribution in [2.75, 3.05) is 0 Å². The second-order valence-electron chi connectivity index (χ2n) is 11.5. The van der Waals surface area contributed by atoms with Crippen molar-refractivity contribution >= 4 is 67.7 Å². The second kappa shape index (κ2) is 11.5. The molecule has 3 heteroatoms. The molecular formula is C42H33N2P. The normalized spacial score (nSPS) is 13.2. The first-order valence-corrected chi connectivity index (χ1v) is 17.0. The number of imidazole rings is 1. The molecule has 0 bridgehead atoms. The van der Waals surface area contributed by atoms with Gasteiger partial charge in [-0.25, -0.2) is 4.98 Å². The summed E-state index contributed by atoms with van der Waals surface area (Å²) < 4.78 is 2.34. The lowest BCUT2D eigenvalue weighted by Gasteiger charge is -2.21. The summed E-state index contributed by atoms with van der Waals surface area (Å²) in [6.07, 6.45) is 7.85. The lowest BCUT2D eigenvalue weighted by molar-refractivity contribution is 1.22. The van der Waals surface area contributed by atoms with E-state index in [4.69, 9.17) is 4.98 Å². The van der Waals surface area contributed by atoms with Gasteiger partial charge in [0.15, 0.2) is 0 Å². The van der Waals surface area contributed by atoms with Crippen molar-refractivity contribution in [2.24, 2.45) is 0 Å². The summed E-state index contributed by atoms with van der Waals surface area (Å²) in [5.74, 6) is 0. The van der Waals surface area contributed by atoms with Gasteiger partial charge in [0, 0.05) is 10.8 Å². The summed E-state index contributed by atoms with van der Waals surface area (Å²) in [7, 11) is -0.644. The number of allylic oxidation sites excluding steroid dienone is 4. The molecule has 45 heavy (non-hydrogen) atoms. The number of rotatable bonds is 6. The third-order valence-corrected chi connectivity index (χ3v) is 11.2. The van der Waals surface area contributed by atoms with Gasteiger partial charge in [-0.3, -0.25) is 4.40 Å². The van der Waals surface area contributed by atoms with Crippen molar-refractivity contribution < 1.29 is 0 Å². The Labute approximate surface area is 264 Å². The van der Waals surface area contributed by atoms with E-state index in [1.165, 1.54) is 59.5 Å². The van der Waals surface area contributed by atoms with Crippen LogP contribution < -0.4 is 10.6 Å². The molecule has 8 aromatic rings. The highest BCUT2D eigenvalue weighted by atomic mass is 31.1. The van der Waals surface area contributed by atoms with Crippen LogP contribution in [0.25, 0.3) is 60.3 Å². The largest absolute Gasteiger partial charge is 0.292 e. The molecule has 0 spiro atoms. The van der Waals surface area contributed by atoms with Gasteiger partial charge in [0.05, 0.1) is 16.6 Å². The second-order valence-corrected chi connectivity index (χ2v) is 13.7. The Hall–Kier alpha value is -5.04. The third kappa shape index (κ3) is 4.74. The van der Waals surface area contributed by atoms with Crippen LogP contribution in [0.1, 0.15) is 20.3 Å². The molecular weight excluding hydrogens is 563 g/mol. The zero-order valence-corrected chi connectivity index (χ0v) is 26.4. The smallest absolute Gasteiger partial charge is 0.146 e. The van der Waals surface area contributed by atoms with E-state index < -0.39 is 7.92 Å². The summed E-state index contributed by atoms with van der Waals surface area (Å²) in [6, 6.07) is 48.9. The highest BCUT2D eigenvalue weighted by Crippen LogP contribution is 2.44. The molecule has 0 saturated heterocycles. The molecule has 2 aromatic heterocycles. The molecule has 0 radical (unpaired) electrons. The van der Waals surface area contributed by atoms with Crippen LogP contribution in [-0.2, 0) is 0 Å². The van der Waals surface area contributed by atoms with E-state index in [9.17, 15) is 0 Å². The summed E-state index contributed by atoms with van der Waals surface area (Å²) in [5, 5.41) is 10.3. The van der Waals surface area contributed by atoms with Crippen molar-refractivity contribution in [3.8, 4) is 11.1 Å². The molecule has 0 saturated carbocycles. The van der Waals surface area contributed by atoms with Gasteiger partial charge in [-0.1, -0.05) is 122 Å². The summed E-state index contributed by atoms with van der Waals surface area (Å²) >= 11 is 0. The third-order valence-electron chi connectivity index (χ3n) is 8.70. The molecule has 1 atom stereocenters. The van der Waals surface area contributed by atoms with Crippen LogP contribution in [-0.4, -0.2) is 9.38 Å². The van der Waals surface area contributed by atoms with Crippen LogP contribution in [0.4, 0.5) is 0 Å². The van der Waals surface area contributed by atoms with Crippen LogP contribution in [0.5, 0.6) is 0 Å². The van der Waals surface area contributed by atoms with Crippen LogP contribution in [0.2, 0.25) is 0 Å². The Kier molecular flexibility index (Phi) is 7.01. The maximum Gasteiger partial charge on any atom is 0.146 e. The molecule has 6 aromatic carbocycles. The lowest BCUT2D eigenvalue weighted by Crippen LogP contribution is -2.12. The van der Waals surface area contributed by atoms with Crippen LogP contribution in [0.15, 0.2) is 157 Å². The number of benzene rings is 6.